The Kier molecular flexibility index (Phi) is 4.48. The van der Waals surface area contributed by atoms with Gasteiger partial charge in [0, 0.05) is 18.6 Å². The highest BCUT2D eigenvalue weighted by molar-refractivity contribution is 5.01. The van der Waals surface area contributed by atoms with E-state index in [1.54, 1.807) is 0 Å². The van der Waals surface area contributed by atoms with E-state index < -0.39 is 0 Å². The zero-order valence-corrected chi connectivity index (χ0v) is 11.8. The van der Waals surface area contributed by atoms with Crippen molar-refractivity contribution in [2.24, 2.45) is 23.2 Å². The van der Waals surface area contributed by atoms with Gasteiger partial charge in [0.25, 0.3) is 0 Å². The Hall–Kier alpha value is -0.0800. The number of rotatable bonds is 7. The molecule has 0 heterocycles. The van der Waals surface area contributed by atoms with Gasteiger partial charge in [0.2, 0.25) is 0 Å². The van der Waals surface area contributed by atoms with E-state index in [-0.39, 0.29) is 0 Å². The highest BCUT2D eigenvalue weighted by atomic mass is 16.5. The molecule has 3 unspecified atom stereocenters. The van der Waals surface area contributed by atoms with Gasteiger partial charge in [-0.15, -0.1) is 0 Å². The average molecular weight is 239 g/mol. The molecule has 0 spiro atoms. The summed E-state index contributed by atoms with van der Waals surface area (Å²) in [6, 6.07) is 0. The maximum absolute atomic E-state index is 5.79. The molecule has 2 aliphatic rings. The van der Waals surface area contributed by atoms with Crippen molar-refractivity contribution < 1.29 is 4.74 Å². The third-order valence-corrected chi connectivity index (χ3v) is 4.73. The number of nitrogens with one attached hydrogen (secondary N) is 1. The van der Waals surface area contributed by atoms with Gasteiger partial charge in [-0.05, 0) is 50.5 Å². The Morgan fingerprint density at radius 3 is 2.71 bits per heavy atom. The molecule has 2 nitrogen and oxygen atoms in total. The molecule has 0 saturated heterocycles. The predicted octanol–water partition coefficient (Wildman–Crippen LogP) is 3.07. The molecule has 2 saturated carbocycles. The SMILES string of the molecule is CCOCC1(CNCC(C)C)CC2CCC1C2. The minimum Gasteiger partial charge on any atom is -0.381 e. The van der Waals surface area contributed by atoms with E-state index in [0.717, 1.165) is 37.5 Å². The summed E-state index contributed by atoms with van der Waals surface area (Å²) in [5.41, 5.74) is 0.466. The van der Waals surface area contributed by atoms with Crippen molar-refractivity contribution in [1.82, 2.24) is 5.32 Å². The van der Waals surface area contributed by atoms with Crippen LogP contribution in [0.4, 0.5) is 0 Å². The fourth-order valence-corrected chi connectivity index (χ4v) is 3.92. The van der Waals surface area contributed by atoms with E-state index in [9.17, 15) is 0 Å². The first-order chi connectivity index (χ1) is 8.16. The molecule has 2 heteroatoms. The first-order valence-corrected chi connectivity index (χ1v) is 7.45. The largest absolute Gasteiger partial charge is 0.381 e. The van der Waals surface area contributed by atoms with Crippen LogP contribution in [0.1, 0.15) is 46.5 Å². The van der Waals surface area contributed by atoms with E-state index in [4.69, 9.17) is 4.74 Å². The van der Waals surface area contributed by atoms with Crippen molar-refractivity contribution in [2.75, 3.05) is 26.3 Å². The van der Waals surface area contributed by atoms with Gasteiger partial charge in [0.05, 0.1) is 6.61 Å². The molecule has 0 aromatic heterocycles. The van der Waals surface area contributed by atoms with Gasteiger partial charge in [-0.3, -0.25) is 0 Å². The lowest BCUT2D eigenvalue weighted by Gasteiger charge is -2.38. The average Bonchev–Trinajstić information content (AvgIpc) is 2.86. The zero-order chi connectivity index (χ0) is 12.3. The highest BCUT2D eigenvalue weighted by Gasteiger charge is 2.50. The Morgan fingerprint density at radius 1 is 1.35 bits per heavy atom. The minimum absolute atomic E-state index is 0.466. The van der Waals surface area contributed by atoms with Crippen molar-refractivity contribution in [3.63, 3.8) is 0 Å². The summed E-state index contributed by atoms with van der Waals surface area (Å²) in [5, 5.41) is 3.68. The summed E-state index contributed by atoms with van der Waals surface area (Å²) < 4.78 is 5.79. The summed E-state index contributed by atoms with van der Waals surface area (Å²) in [5.74, 6) is 2.68. The van der Waals surface area contributed by atoms with Crippen molar-refractivity contribution in [3.05, 3.63) is 0 Å². The van der Waals surface area contributed by atoms with Crippen LogP contribution in [0.25, 0.3) is 0 Å². The minimum atomic E-state index is 0.466. The normalized spacial score (nSPS) is 36.0. The molecule has 3 atom stereocenters. The van der Waals surface area contributed by atoms with Gasteiger partial charge in [-0.2, -0.15) is 0 Å². The van der Waals surface area contributed by atoms with Gasteiger partial charge >= 0.3 is 0 Å². The number of fused-ring (bicyclic) bond motifs is 2. The molecule has 2 aliphatic carbocycles. The monoisotopic (exact) mass is 239 g/mol. The van der Waals surface area contributed by atoms with Crippen LogP contribution in [0.2, 0.25) is 0 Å². The van der Waals surface area contributed by atoms with Gasteiger partial charge in [0.15, 0.2) is 0 Å². The summed E-state index contributed by atoms with van der Waals surface area (Å²) in [6.45, 7) is 10.8. The Morgan fingerprint density at radius 2 is 2.18 bits per heavy atom. The fraction of sp³-hybridized carbons (Fsp3) is 1.00. The molecule has 100 valence electrons. The lowest BCUT2D eigenvalue weighted by Crippen LogP contribution is -2.43. The second-order valence-corrected chi connectivity index (χ2v) is 6.60. The molecule has 17 heavy (non-hydrogen) atoms. The van der Waals surface area contributed by atoms with Crippen LogP contribution < -0.4 is 5.32 Å². The Bertz CT molecular complexity index is 241. The van der Waals surface area contributed by atoms with Crippen LogP contribution in [0.5, 0.6) is 0 Å². The van der Waals surface area contributed by atoms with E-state index >= 15 is 0 Å². The summed E-state index contributed by atoms with van der Waals surface area (Å²) in [4.78, 5) is 0. The molecular weight excluding hydrogens is 210 g/mol. The van der Waals surface area contributed by atoms with Gasteiger partial charge < -0.3 is 10.1 Å². The van der Waals surface area contributed by atoms with E-state index in [2.05, 4.69) is 26.1 Å². The van der Waals surface area contributed by atoms with Crippen LogP contribution >= 0.6 is 0 Å². The van der Waals surface area contributed by atoms with E-state index in [1.165, 1.54) is 32.2 Å². The first kappa shape index (κ1) is 13.4. The fourth-order valence-electron chi connectivity index (χ4n) is 3.92. The molecule has 2 fully saturated rings. The predicted molar refractivity (Wildman–Crippen MR) is 72.1 cm³/mol. The molecule has 2 rings (SSSR count). The number of hydrogen-bond acceptors (Lipinski definition) is 2. The van der Waals surface area contributed by atoms with Crippen LogP contribution in [-0.4, -0.2) is 26.3 Å². The van der Waals surface area contributed by atoms with Gasteiger partial charge in [-0.1, -0.05) is 20.3 Å². The second-order valence-electron chi connectivity index (χ2n) is 6.60. The standard InChI is InChI=1S/C15H29NO/c1-4-17-11-15(10-16-9-12(2)3)8-13-5-6-14(15)7-13/h12-14,16H,4-11H2,1-3H3. The molecule has 1 N–H and O–H groups in total. The summed E-state index contributed by atoms with van der Waals surface area (Å²) in [6.07, 6.45) is 5.79. The van der Waals surface area contributed by atoms with Crippen LogP contribution in [-0.2, 0) is 4.74 Å². The maximum atomic E-state index is 5.79. The molecule has 2 bridgehead atoms. The highest BCUT2D eigenvalue weighted by Crippen LogP contribution is 2.55. The molecular formula is C15H29NO. The van der Waals surface area contributed by atoms with Crippen molar-refractivity contribution in [1.29, 1.82) is 0 Å². The summed E-state index contributed by atoms with van der Waals surface area (Å²) in [7, 11) is 0. The van der Waals surface area contributed by atoms with Crippen LogP contribution in [0, 0.1) is 23.2 Å². The summed E-state index contributed by atoms with van der Waals surface area (Å²) >= 11 is 0. The molecule has 0 aromatic rings. The van der Waals surface area contributed by atoms with Gasteiger partial charge in [-0.25, -0.2) is 0 Å². The molecule has 0 radical (unpaired) electrons. The molecule has 0 amide bonds. The van der Waals surface area contributed by atoms with Gasteiger partial charge in [0.1, 0.15) is 0 Å². The van der Waals surface area contributed by atoms with Crippen LogP contribution in [0.15, 0.2) is 0 Å². The lowest BCUT2D eigenvalue weighted by molar-refractivity contribution is 0.0136. The number of ether oxygens (including phenoxy) is 1. The lowest BCUT2D eigenvalue weighted by atomic mass is 9.73. The third kappa shape index (κ3) is 3.03. The maximum Gasteiger partial charge on any atom is 0.0537 e. The van der Waals surface area contributed by atoms with Crippen molar-refractivity contribution in [2.45, 2.75) is 46.5 Å². The first-order valence-electron chi connectivity index (χ1n) is 7.45. The molecule has 0 aromatic carbocycles. The third-order valence-electron chi connectivity index (χ3n) is 4.73. The van der Waals surface area contributed by atoms with Crippen LogP contribution in [0.3, 0.4) is 0 Å². The van der Waals surface area contributed by atoms with Crippen molar-refractivity contribution >= 4 is 0 Å². The topological polar surface area (TPSA) is 21.3 Å². The zero-order valence-electron chi connectivity index (χ0n) is 11.8. The van der Waals surface area contributed by atoms with Crippen molar-refractivity contribution in [3.8, 4) is 0 Å². The quantitative estimate of drug-likeness (QED) is 0.737. The molecule has 0 aliphatic heterocycles. The second kappa shape index (κ2) is 5.71. The number of hydrogen-bond donors (Lipinski definition) is 1. The Labute approximate surface area is 107 Å². The van der Waals surface area contributed by atoms with E-state index in [0.29, 0.717) is 5.41 Å². The Balaban J connectivity index is 1.89. The smallest absolute Gasteiger partial charge is 0.0537 e. The van der Waals surface area contributed by atoms with E-state index in [1.807, 2.05) is 0 Å².